The van der Waals surface area contributed by atoms with Gasteiger partial charge in [-0.15, -0.1) is 11.3 Å². The number of hydrogen-bond acceptors (Lipinski definition) is 2. The zero-order valence-electron chi connectivity index (χ0n) is 7.27. The molecule has 4 aromatic rings. The SMILES string of the molecule is c1cc2cnc3c4sccc4c(c1)n23. The summed E-state index contributed by atoms with van der Waals surface area (Å²) in [5.74, 6) is 0. The molecule has 0 aromatic carbocycles. The van der Waals surface area contributed by atoms with Crippen LogP contribution in [0.4, 0.5) is 0 Å². The zero-order valence-corrected chi connectivity index (χ0v) is 8.08. The molecule has 0 fully saturated rings. The number of imidazole rings is 1. The van der Waals surface area contributed by atoms with Crippen LogP contribution in [-0.4, -0.2) is 9.38 Å². The molecule has 0 amide bonds. The van der Waals surface area contributed by atoms with E-state index < -0.39 is 0 Å². The molecule has 0 bridgehead atoms. The van der Waals surface area contributed by atoms with E-state index in [1.165, 1.54) is 21.1 Å². The summed E-state index contributed by atoms with van der Waals surface area (Å²) in [6.45, 7) is 0. The van der Waals surface area contributed by atoms with Crippen LogP contribution in [0.5, 0.6) is 0 Å². The molecule has 0 N–H and O–H groups in total. The molecule has 66 valence electrons. The maximum Gasteiger partial charge on any atom is 0.155 e. The van der Waals surface area contributed by atoms with Crippen molar-refractivity contribution in [2.24, 2.45) is 0 Å². The molecule has 3 heteroatoms. The molecule has 14 heavy (non-hydrogen) atoms. The number of fused-ring (bicyclic) bond motifs is 3. The molecule has 2 nitrogen and oxygen atoms in total. The predicted octanol–water partition coefficient (Wildman–Crippen LogP) is 3.14. The molecule has 0 radical (unpaired) electrons. The Morgan fingerprint density at radius 3 is 3.21 bits per heavy atom. The maximum atomic E-state index is 4.45. The largest absolute Gasteiger partial charge is 0.292 e. The monoisotopic (exact) mass is 198 g/mol. The van der Waals surface area contributed by atoms with Crippen molar-refractivity contribution >= 4 is 38.1 Å². The van der Waals surface area contributed by atoms with E-state index in [0.29, 0.717) is 0 Å². The van der Waals surface area contributed by atoms with Gasteiger partial charge in [-0.1, -0.05) is 6.07 Å². The van der Waals surface area contributed by atoms with Gasteiger partial charge in [0, 0.05) is 5.39 Å². The Morgan fingerprint density at radius 2 is 2.21 bits per heavy atom. The highest BCUT2D eigenvalue weighted by Gasteiger charge is 2.12. The third-order valence-corrected chi connectivity index (χ3v) is 3.61. The predicted molar refractivity (Wildman–Crippen MR) is 59.3 cm³/mol. The number of rotatable bonds is 0. The lowest BCUT2D eigenvalue weighted by molar-refractivity contribution is 1.33. The third-order valence-electron chi connectivity index (χ3n) is 2.70. The minimum absolute atomic E-state index is 1.10. The molecule has 4 rings (SSSR count). The van der Waals surface area contributed by atoms with Crippen molar-refractivity contribution in [2.45, 2.75) is 0 Å². The van der Waals surface area contributed by atoms with Crippen LogP contribution < -0.4 is 0 Å². The van der Waals surface area contributed by atoms with Crippen molar-refractivity contribution in [1.82, 2.24) is 9.38 Å². The molecule has 0 aliphatic heterocycles. The van der Waals surface area contributed by atoms with Gasteiger partial charge in [0.1, 0.15) is 0 Å². The van der Waals surface area contributed by atoms with Crippen LogP contribution in [0.3, 0.4) is 0 Å². The van der Waals surface area contributed by atoms with E-state index in [4.69, 9.17) is 0 Å². The van der Waals surface area contributed by atoms with E-state index >= 15 is 0 Å². The fourth-order valence-corrected chi connectivity index (χ4v) is 2.99. The Balaban J connectivity index is 2.58. The normalized spacial score (nSPS) is 12.3. The second kappa shape index (κ2) is 2.07. The number of aromatic nitrogens is 2. The third kappa shape index (κ3) is 0.590. The zero-order chi connectivity index (χ0) is 9.12. The van der Waals surface area contributed by atoms with E-state index in [-0.39, 0.29) is 0 Å². The Hall–Kier alpha value is -1.61. The first kappa shape index (κ1) is 6.79. The molecule has 4 aromatic heterocycles. The lowest BCUT2D eigenvalue weighted by atomic mass is 10.3. The second-order valence-electron chi connectivity index (χ2n) is 3.42. The number of nitrogens with zero attached hydrogens (tertiary/aromatic N) is 2. The second-order valence-corrected chi connectivity index (χ2v) is 4.33. The van der Waals surface area contributed by atoms with Gasteiger partial charge in [0.2, 0.25) is 0 Å². The molecule has 0 spiro atoms. The fraction of sp³-hybridized carbons (Fsp3) is 0. The van der Waals surface area contributed by atoms with Gasteiger partial charge in [-0.3, -0.25) is 4.40 Å². The molecule has 0 saturated carbocycles. The van der Waals surface area contributed by atoms with Gasteiger partial charge >= 0.3 is 0 Å². The molecule has 0 aliphatic rings. The van der Waals surface area contributed by atoms with Gasteiger partial charge < -0.3 is 0 Å². The number of pyridine rings is 1. The van der Waals surface area contributed by atoms with E-state index in [0.717, 1.165) is 5.65 Å². The minimum Gasteiger partial charge on any atom is -0.292 e. The average molecular weight is 198 g/mol. The standard InChI is InChI=1S/C11H6N2S/c1-2-7-6-12-11-10-8(4-5-14-10)9(3-1)13(7)11/h1-6H. The summed E-state index contributed by atoms with van der Waals surface area (Å²) in [7, 11) is 0. The van der Waals surface area contributed by atoms with E-state index in [9.17, 15) is 0 Å². The molecular weight excluding hydrogens is 192 g/mol. The van der Waals surface area contributed by atoms with Crippen LogP contribution >= 0.6 is 11.3 Å². The van der Waals surface area contributed by atoms with E-state index in [2.05, 4.69) is 39.0 Å². The van der Waals surface area contributed by atoms with Gasteiger partial charge in [0.05, 0.1) is 21.9 Å². The van der Waals surface area contributed by atoms with Gasteiger partial charge in [-0.25, -0.2) is 4.98 Å². The van der Waals surface area contributed by atoms with Crippen LogP contribution in [0.1, 0.15) is 0 Å². The van der Waals surface area contributed by atoms with Crippen LogP contribution in [0, 0.1) is 0 Å². The first-order valence-electron chi connectivity index (χ1n) is 4.50. The summed E-state index contributed by atoms with van der Waals surface area (Å²) in [6, 6.07) is 8.50. The van der Waals surface area contributed by atoms with Crippen molar-refractivity contribution < 1.29 is 0 Å². The Bertz CT molecular complexity index is 724. The van der Waals surface area contributed by atoms with Crippen molar-refractivity contribution in [1.29, 1.82) is 0 Å². The fourth-order valence-electron chi connectivity index (χ4n) is 2.10. The highest BCUT2D eigenvalue weighted by molar-refractivity contribution is 7.18. The topological polar surface area (TPSA) is 17.3 Å². The summed E-state index contributed by atoms with van der Waals surface area (Å²) in [5.41, 5.74) is 3.55. The average Bonchev–Trinajstić information content (AvgIpc) is 2.87. The molecule has 4 heterocycles. The molecule has 0 saturated heterocycles. The smallest absolute Gasteiger partial charge is 0.155 e. The summed E-state index contributed by atoms with van der Waals surface area (Å²) >= 11 is 1.76. The highest BCUT2D eigenvalue weighted by Crippen LogP contribution is 2.33. The lowest BCUT2D eigenvalue weighted by Crippen LogP contribution is -1.79. The van der Waals surface area contributed by atoms with Crippen LogP contribution in [-0.2, 0) is 0 Å². The van der Waals surface area contributed by atoms with Crippen molar-refractivity contribution in [2.75, 3.05) is 0 Å². The van der Waals surface area contributed by atoms with Gasteiger partial charge in [0.15, 0.2) is 5.65 Å². The summed E-state index contributed by atoms with van der Waals surface area (Å²) in [5, 5.41) is 3.45. The lowest BCUT2D eigenvalue weighted by Gasteiger charge is -1.92. The Kier molecular flexibility index (Phi) is 1.00. The Labute approximate surface area is 83.8 Å². The van der Waals surface area contributed by atoms with Gasteiger partial charge in [0.25, 0.3) is 0 Å². The number of thiophene rings is 1. The van der Waals surface area contributed by atoms with Crippen molar-refractivity contribution in [3.63, 3.8) is 0 Å². The van der Waals surface area contributed by atoms with Gasteiger partial charge in [-0.05, 0) is 23.6 Å². The minimum atomic E-state index is 1.10. The van der Waals surface area contributed by atoms with Crippen molar-refractivity contribution in [3.05, 3.63) is 35.8 Å². The molecule has 0 atom stereocenters. The van der Waals surface area contributed by atoms with Gasteiger partial charge in [-0.2, -0.15) is 0 Å². The molecule has 0 unspecified atom stereocenters. The van der Waals surface area contributed by atoms with Crippen molar-refractivity contribution in [3.8, 4) is 0 Å². The number of hydrogen-bond donors (Lipinski definition) is 0. The summed E-state index contributed by atoms with van der Waals surface area (Å²) in [6.07, 6.45) is 1.93. The van der Waals surface area contributed by atoms with Crippen LogP contribution in [0.2, 0.25) is 0 Å². The van der Waals surface area contributed by atoms with Crippen LogP contribution in [0.15, 0.2) is 35.8 Å². The maximum absolute atomic E-state index is 4.45. The summed E-state index contributed by atoms with van der Waals surface area (Å²) in [4.78, 5) is 4.45. The molecule has 0 aliphatic carbocycles. The summed E-state index contributed by atoms with van der Waals surface area (Å²) < 4.78 is 3.52. The van der Waals surface area contributed by atoms with E-state index in [1.807, 2.05) is 6.20 Å². The van der Waals surface area contributed by atoms with E-state index in [1.54, 1.807) is 11.3 Å². The van der Waals surface area contributed by atoms with Crippen LogP contribution in [0.25, 0.3) is 26.8 Å². The highest BCUT2D eigenvalue weighted by atomic mass is 32.1. The first-order chi connectivity index (χ1) is 6.95. The quantitative estimate of drug-likeness (QED) is 0.424. The first-order valence-corrected chi connectivity index (χ1v) is 5.38. The molecular formula is C11H6N2S. The Morgan fingerprint density at radius 1 is 1.21 bits per heavy atom.